The number of likely N-dealkylation sites (N-methyl/N-ethyl adjacent to an activating group) is 1. The molecule has 1 aliphatic heterocycles. The van der Waals surface area contributed by atoms with Crippen molar-refractivity contribution in [2.45, 2.75) is 79.5 Å². The quantitative estimate of drug-likeness (QED) is 0.0961. The van der Waals surface area contributed by atoms with Gasteiger partial charge in [-0.2, -0.15) is 24.6 Å². The maximum Gasteiger partial charge on any atom is 0.355 e. The number of fused-ring (bicyclic) bond motifs is 3. The Morgan fingerprint density at radius 2 is 1.75 bits per heavy atom. The van der Waals surface area contributed by atoms with Crippen LogP contribution in [0.15, 0.2) is 76.3 Å². The number of phenols is 1. The number of carbonyl (C=O) groups is 1. The van der Waals surface area contributed by atoms with Crippen LogP contribution in [0.5, 0.6) is 5.75 Å². The molecule has 9 rings (SSSR count). The Balaban J connectivity index is 1.06. The van der Waals surface area contributed by atoms with Gasteiger partial charge in [-0.05, 0) is 116 Å². The molecule has 18 nitrogen and oxygen atoms in total. The molecule has 0 unspecified atom stereocenters. The van der Waals surface area contributed by atoms with Gasteiger partial charge >= 0.3 is 5.69 Å². The fourth-order valence-corrected chi connectivity index (χ4v) is 9.69. The highest BCUT2D eigenvalue weighted by Crippen LogP contribution is 2.37. The van der Waals surface area contributed by atoms with Gasteiger partial charge in [0.05, 0.1) is 62.7 Å². The Bertz CT molecular complexity index is 3470. The van der Waals surface area contributed by atoms with Gasteiger partial charge in [0, 0.05) is 51.0 Å². The zero-order valence-corrected chi connectivity index (χ0v) is 43.0. The first-order chi connectivity index (χ1) is 34.1. The monoisotopic (exact) mass is 1040 g/mol. The van der Waals surface area contributed by atoms with Crippen LogP contribution in [-0.4, -0.2) is 122 Å². The highest BCUT2D eigenvalue weighted by atomic mass is 79.9. The predicted molar refractivity (Wildman–Crippen MR) is 276 cm³/mol. The lowest BCUT2D eigenvalue weighted by molar-refractivity contribution is -0.127. The molecule has 1 saturated heterocycles. The summed E-state index contributed by atoms with van der Waals surface area (Å²) in [5.41, 5.74) is 3.41. The van der Waals surface area contributed by atoms with E-state index < -0.39 is 46.0 Å². The number of aliphatic hydroxyl groups is 1. The number of nitrogens with zero attached hydrogens (tertiary/aromatic N) is 13. The Kier molecular flexibility index (Phi) is 13.1. The Labute approximate surface area is 421 Å². The molecule has 374 valence electrons. The van der Waals surface area contributed by atoms with Crippen molar-refractivity contribution in [3.05, 3.63) is 122 Å². The average Bonchev–Trinajstić information content (AvgIpc) is 3.89. The topological polar surface area (TPSA) is 203 Å². The number of phenolic OH excluding ortho intramolecular Hbond substituents is 1. The third-order valence-corrected chi connectivity index (χ3v) is 13.4. The molecule has 1 atom stereocenters. The first kappa shape index (κ1) is 49.6. The molecular formula is C51H55BrF2N14O4. The lowest BCUT2D eigenvalue weighted by Crippen LogP contribution is -2.55. The lowest BCUT2D eigenvalue weighted by atomic mass is 10.0. The van der Waals surface area contributed by atoms with Crippen LogP contribution in [-0.2, 0) is 11.3 Å². The molecule has 3 N–H and O–H groups in total. The summed E-state index contributed by atoms with van der Waals surface area (Å²) in [4.78, 5) is 68.1. The van der Waals surface area contributed by atoms with E-state index in [0.717, 1.165) is 34.3 Å². The summed E-state index contributed by atoms with van der Waals surface area (Å²) < 4.78 is 35.3. The summed E-state index contributed by atoms with van der Waals surface area (Å²) in [7, 11) is 1.78. The maximum absolute atomic E-state index is 16.5. The SMILES string of the molecule is C=C(CN(Cc1nc2cc(C)c(C)cc2[nH]1)c1nc(N(C)CC(C)(C)O)nc2c(Br)cnn12)C(=O)N1CCN(c2nc(=O)n(-c3c(C)ccnc3C(C)C)c3nc(-c4c(O)cccc4F)c(F)cc23)[C@@H](C)C1. The van der Waals surface area contributed by atoms with Gasteiger partial charge in [0.2, 0.25) is 11.9 Å². The molecule has 8 aromatic rings. The molecule has 0 radical (unpaired) electrons. The summed E-state index contributed by atoms with van der Waals surface area (Å²) in [6.45, 7) is 20.2. The minimum atomic E-state index is -1.07. The summed E-state index contributed by atoms with van der Waals surface area (Å²) in [5, 5.41) is 26.2. The predicted octanol–water partition coefficient (Wildman–Crippen LogP) is 7.46. The molecule has 21 heteroatoms. The molecule has 0 saturated carbocycles. The normalized spacial score (nSPS) is 14.3. The van der Waals surface area contributed by atoms with E-state index in [2.05, 4.69) is 47.5 Å². The van der Waals surface area contributed by atoms with Crippen molar-refractivity contribution >= 4 is 67.3 Å². The zero-order chi connectivity index (χ0) is 51.7. The largest absolute Gasteiger partial charge is 0.507 e. The Morgan fingerprint density at radius 1 is 1.00 bits per heavy atom. The highest BCUT2D eigenvalue weighted by molar-refractivity contribution is 9.10. The first-order valence-corrected chi connectivity index (χ1v) is 24.2. The maximum atomic E-state index is 16.5. The van der Waals surface area contributed by atoms with E-state index in [1.807, 2.05) is 63.5 Å². The van der Waals surface area contributed by atoms with Crippen molar-refractivity contribution in [2.24, 2.45) is 0 Å². The number of H-pyrrole nitrogens is 1. The summed E-state index contributed by atoms with van der Waals surface area (Å²) in [6, 6.07) is 10.1. The summed E-state index contributed by atoms with van der Waals surface area (Å²) >= 11 is 3.58. The molecule has 6 aromatic heterocycles. The van der Waals surface area contributed by atoms with Gasteiger partial charge in [-0.3, -0.25) is 9.78 Å². The minimum absolute atomic E-state index is 0.0117. The van der Waals surface area contributed by atoms with Crippen LogP contribution < -0.4 is 20.4 Å². The third-order valence-electron chi connectivity index (χ3n) is 12.9. The number of rotatable bonds is 13. The van der Waals surface area contributed by atoms with Gasteiger partial charge in [-0.15, -0.1) is 0 Å². The Morgan fingerprint density at radius 3 is 2.46 bits per heavy atom. The van der Waals surface area contributed by atoms with Gasteiger partial charge in [0.25, 0.3) is 5.91 Å². The van der Waals surface area contributed by atoms with E-state index in [-0.39, 0.29) is 73.5 Å². The van der Waals surface area contributed by atoms with E-state index >= 15 is 8.78 Å². The molecular weight excluding hydrogens is 991 g/mol. The van der Waals surface area contributed by atoms with E-state index in [0.29, 0.717) is 44.8 Å². The van der Waals surface area contributed by atoms with Crippen LogP contribution in [0.25, 0.3) is 44.7 Å². The number of anilines is 3. The number of halogens is 3. The Hall–Kier alpha value is -7.39. The second-order valence-corrected chi connectivity index (χ2v) is 20.4. The second-order valence-electron chi connectivity index (χ2n) is 19.5. The van der Waals surface area contributed by atoms with E-state index in [1.54, 1.807) is 53.7 Å². The van der Waals surface area contributed by atoms with Crippen molar-refractivity contribution in [3.8, 4) is 22.7 Å². The van der Waals surface area contributed by atoms with Gasteiger partial charge in [0.15, 0.2) is 17.1 Å². The molecule has 0 aliphatic carbocycles. The first-order valence-electron chi connectivity index (χ1n) is 23.4. The van der Waals surface area contributed by atoms with E-state index in [1.165, 1.54) is 16.7 Å². The number of carbonyl (C=O) groups excluding carboxylic acids is 1. The number of piperazine rings is 1. The molecule has 0 spiro atoms. The lowest BCUT2D eigenvalue weighted by Gasteiger charge is -2.41. The van der Waals surface area contributed by atoms with Crippen molar-refractivity contribution in [1.82, 2.24) is 54.0 Å². The van der Waals surface area contributed by atoms with E-state index in [9.17, 15) is 19.8 Å². The number of aromatic hydroxyl groups is 1. The highest BCUT2D eigenvalue weighted by Gasteiger charge is 2.34. The van der Waals surface area contributed by atoms with Crippen LogP contribution in [0, 0.1) is 32.4 Å². The zero-order valence-electron chi connectivity index (χ0n) is 41.5. The minimum Gasteiger partial charge on any atom is -0.507 e. The van der Waals surface area contributed by atoms with Crippen molar-refractivity contribution in [3.63, 3.8) is 0 Å². The number of hydrogen-bond acceptors (Lipinski definition) is 14. The molecule has 72 heavy (non-hydrogen) atoms. The smallest absolute Gasteiger partial charge is 0.355 e. The van der Waals surface area contributed by atoms with Gasteiger partial charge in [-0.1, -0.05) is 26.5 Å². The van der Waals surface area contributed by atoms with Crippen LogP contribution in [0.1, 0.15) is 68.7 Å². The van der Waals surface area contributed by atoms with Gasteiger partial charge < -0.3 is 34.8 Å². The average molecular weight is 1050 g/mol. The van der Waals surface area contributed by atoms with Crippen LogP contribution in [0.2, 0.25) is 0 Å². The number of imidazole rings is 1. The van der Waals surface area contributed by atoms with Gasteiger partial charge in [0.1, 0.15) is 28.9 Å². The fraction of sp³-hybridized carbons (Fsp3) is 0.353. The number of aromatic nitrogens is 10. The number of amides is 1. The number of hydrogen-bond donors (Lipinski definition) is 3. The number of benzene rings is 2. The molecule has 7 heterocycles. The third kappa shape index (κ3) is 9.33. The fourth-order valence-electron chi connectivity index (χ4n) is 9.34. The van der Waals surface area contributed by atoms with Crippen molar-refractivity contribution in [1.29, 1.82) is 0 Å². The van der Waals surface area contributed by atoms with E-state index in [4.69, 9.17) is 15.0 Å². The summed E-state index contributed by atoms with van der Waals surface area (Å²) in [6.07, 6.45) is 3.25. The van der Waals surface area contributed by atoms with Crippen molar-refractivity contribution in [2.75, 3.05) is 54.5 Å². The number of nitrogens with one attached hydrogen (secondary N) is 1. The van der Waals surface area contributed by atoms with Crippen LogP contribution >= 0.6 is 15.9 Å². The van der Waals surface area contributed by atoms with Crippen molar-refractivity contribution < 1.29 is 23.8 Å². The molecule has 1 amide bonds. The van der Waals surface area contributed by atoms with Crippen LogP contribution in [0.4, 0.5) is 26.5 Å². The van der Waals surface area contributed by atoms with Gasteiger partial charge in [-0.25, -0.2) is 28.1 Å². The number of aryl methyl sites for hydroxylation is 3. The summed E-state index contributed by atoms with van der Waals surface area (Å²) in [5.74, 6) is -1.48. The molecule has 1 aliphatic rings. The molecule has 2 aromatic carbocycles. The molecule has 0 bridgehead atoms. The molecule has 1 fully saturated rings. The standard InChI is InChI=1S/C51H55BrF2N14O4/c1-26(2)41-43(27(3)14-15-55-41)67-45-32(20-35(54)42(59-45)40-34(53)12-11-13-38(40)69)44(61-50(67)71)66-17-16-64(23-31(66)7)47(70)30(6)22-65(24-39-57-36-18-28(4)29(5)19-37(36)58-39)49-62-48(63(10)25-51(8,9)72)60-46-33(52)21-56-68(46)49/h11-15,18-21,26,31,69,72H,6,16-17,22-25H2,1-5,7-10H3,(H,57,58)/t31-/m0/s1. The number of pyridine rings is 2. The number of aromatic amines is 1. The van der Waals surface area contributed by atoms with Crippen LogP contribution in [0.3, 0.4) is 0 Å². The second kappa shape index (κ2) is 19.0.